The Bertz CT molecular complexity index is 76.6. The molecule has 0 rings (SSSR count). The van der Waals surface area contributed by atoms with Gasteiger partial charge in [-0.25, -0.2) is 0 Å². The van der Waals surface area contributed by atoms with E-state index < -0.39 is 0 Å². The third-order valence-electron chi connectivity index (χ3n) is 2.22. The molecule has 94 valence electrons. The second-order valence-electron chi connectivity index (χ2n) is 3.85. The SMILES string of the molecule is CCCCCCCCBr.CCCCCCl. The molecule has 0 saturated carbocycles. The first-order chi connectivity index (χ1) is 7.33. The molecule has 0 fully saturated rings. The van der Waals surface area contributed by atoms with Crippen molar-refractivity contribution in [3.8, 4) is 0 Å². The zero-order valence-electron chi connectivity index (χ0n) is 10.5. The van der Waals surface area contributed by atoms with Gasteiger partial charge < -0.3 is 0 Å². The predicted molar refractivity (Wildman–Crippen MR) is 77.4 cm³/mol. The Hall–Kier alpha value is 0.770. The first-order valence-corrected chi connectivity index (χ1v) is 8.10. The van der Waals surface area contributed by atoms with Gasteiger partial charge in [0.25, 0.3) is 0 Å². The highest BCUT2D eigenvalue weighted by Gasteiger charge is 1.86. The van der Waals surface area contributed by atoms with Gasteiger partial charge in [0.1, 0.15) is 0 Å². The molecular weight excluding hydrogens is 271 g/mol. The molecule has 0 saturated heterocycles. The van der Waals surface area contributed by atoms with Crippen molar-refractivity contribution in [2.75, 3.05) is 11.2 Å². The van der Waals surface area contributed by atoms with Gasteiger partial charge in [0.2, 0.25) is 0 Å². The zero-order chi connectivity index (χ0) is 11.8. The Labute approximate surface area is 110 Å². The molecule has 0 aliphatic carbocycles. The van der Waals surface area contributed by atoms with Crippen LogP contribution in [-0.2, 0) is 0 Å². The minimum atomic E-state index is 0.827. The Kier molecular flexibility index (Phi) is 24.5. The van der Waals surface area contributed by atoms with Crippen LogP contribution in [0, 0.1) is 0 Å². The van der Waals surface area contributed by atoms with Crippen LogP contribution in [0.1, 0.15) is 71.6 Å². The molecule has 0 aliphatic heterocycles. The Morgan fingerprint density at radius 1 is 0.733 bits per heavy atom. The summed E-state index contributed by atoms with van der Waals surface area (Å²) in [7, 11) is 0. The van der Waals surface area contributed by atoms with E-state index in [4.69, 9.17) is 11.6 Å². The number of rotatable bonds is 9. The molecule has 0 aromatic rings. The highest BCUT2D eigenvalue weighted by Crippen LogP contribution is 2.05. The molecule has 0 aromatic heterocycles. The van der Waals surface area contributed by atoms with Crippen molar-refractivity contribution in [1.82, 2.24) is 0 Å². The molecule has 2 heteroatoms. The fraction of sp³-hybridized carbons (Fsp3) is 1.00. The summed E-state index contributed by atoms with van der Waals surface area (Å²) in [5.41, 5.74) is 0. The third kappa shape index (κ3) is 25.2. The number of hydrogen-bond donors (Lipinski definition) is 0. The summed E-state index contributed by atoms with van der Waals surface area (Å²) < 4.78 is 0. The van der Waals surface area contributed by atoms with Crippen molar-refractivity contribution < 1.29 is 0 Å². The molecule has 15 heavy (non-hydrogen) atoms. The summed E-state index contributed by atoms with van der Waals surface area (Å²) in [6.07, 6.45) is 12.1. The smallest absolute Gasteiger partial charge is 0.0223 e. The molecule has 0 bridgehead atoms. The number of halogens is 2. The largest absolute Gasteiger partial charge is 0.127 e. The lowest BCUT2D eigenvalue weighted by Gasteiger charge is -1.95. The molecule has 0 N–H and O–H groups in total. The van der Waals surface area contributed by atoms with Crippen molar-refractivity contribution in [1.29, 1.82) is 0 Å². The molecule has 0 aromatic carbocycles. The van der Waals surface area contributed by atoms with E-state index >= 15 is 0 Å². The minimum Gasteiger partial charge on any atom is -0.127 e. The second kappa shape index (κ2) is 20.2. The summed E-state index contributed by atoms with van der Waals surface area (Å²) >= 11 is 8.80. The van der Waals surface area contributed by atoms with Crippen LogP contribution < -0.4 is 0 Å². The predicted octanol–water partition coefficient (Wildman–Crippen LogP) is 6.16. The normalized spacial score (nSPS) is 9.60. The average Bonchev–Trinajstić information content (AvgIpc) is 2.27. The fourth-order valence-corrected chi connectivity index (χ4v) is 1.80. The monoisotopic (exact) mass is 298 g/mol. The summed E-state index contributed by atoms with van der Waals surface area (Å²) in [5.74, 6) is 0.827. The third-order valence-corrected chi connectivity index (χ3v) is 3.05. The van der Waals surface area contributed by atoms with E-state index in [1.54, 1.807) is 0 Å². The fourth-order valence-electron chi connectivity index (χ4n) is 1.22. The van der Waals surface area contributed by atoms with E-state index in [9.17, 15) is 0 Å². The van der Waals surface area contributed by atoms with Gasteiger partial charge in [-0.05, 0) is 12.8 Å². The van der Waals surface area contributed by atoms with Crippen molar-refractivity contribution in [2.45, 2.75) is 71.6 Å². The lowest BCUT2D eigenvalue weighted by Crippen LogP contribution is -1.78. The second-order valence-corrected chi connectivity index (χ2v) is 5.02. The van der Waals surface area contributed by atoms with Gasteiger partial charge in [0.15, 0.2) is 0 Å². The minimum absolute atomic E-state index is 0.827. The molecule has 0 aliphatic rings. The van der Waals surface area contributed by atoms with Crippen LogP contribution in [0.15, 0.2) is 0 Å². The summed E-state index contributed by atoms with van der Waals surface area (Å²) in [5, 5.41) is 1.18. The molecule has 0 radical (unpaired) electrons. The van der Waals surface area contributed by atoms with Gasteiger partial charge in [0, 0.05) is 11.2 Å². The average molecular weight is 300 g/mol. The van der Waals surface area contributed by atoms with E-state index in [1.165, 1.54) is 63.1 Å². The number of hydrogen-bond acceptors (Lipinski definition) is 0. The van der Waals surface area contributed by atoms with E-state index in [0.29, 0.717) is 0 Å². The first kappa shape index (κ1) is 18.1. The molecule has 0 unspecified atom stereocenters. The first-order valence-electron chi connectivity index (χ1n) is 6.45. The molecule has 0 spiro atoms. The van der Waals surface area contributed by atoms with E-state index in [-0.39, 0.29) is 0 Å². The van der Waals surface area contributed by atoms with Gasteiger partial charge in [-0.3, -0.25) is 0 Å². The van der Waals surface area contributed by atoms with Crippen LogP contribution >= 0.6 is 27.5 Å². The lowest BCUT2D eigenvalue weighted by atomic mass is 10.1. The maximum absolute atomic E-state index is 5.38. The topological polar surface area (TPSA) is 0 Å². The maximum atomic E-state index is 5.38. The van der Waals surface area contributed by atoms with Crippen LogP contribution in [0.3, 0.4) is 0 Å². The van der Waals surface area contributed by atoms with Crippen molar-refractivity contribution in [3.05, 3.63) is 0 Å². The maximum Gasteiger partial charge on any atom is 0.0223 e. The van der Waals surface area contributed by atoms with E-state index in [2.05, 4.69) is 29.8 Å². The summed E-state index contributed by atoms with van der Waals surface area (Å²) in [4.78, 5) is 0. The Balaban J connectivity index is 0. The summed E-state index contributed by atoms with van der Waals surface area (Å²) in [6, 6.07) is 0. The van der Waals surface area contributed by atoms with Crippen LogP contribution in [0.2, 0.25) is 0 Å². The summed E-state index contributed by atoms with van der Waals surface area (Å²) in [6.45, 7) is 4.43. The highest BCUT2D eigenvalue weighted by atomic mass is 79.9. The molecular formula is C13H28BrCl. The van der Waals surface area contributed by atoms with Gasteiger partial charge in [-0.15, -0.1) is 11.6 Å². The van der Waals surface area contributed by atoms with Crippen LogP contribution in [0.25, 0.3) is 0 Å². The van der Waals surface area contributed by atoms with Crippen molar-refractivity contribution >= 4 is 27.5 Å². The number of unbranched alkanes of at least 4 members (excludes halogenated alkanes) is 7. The quantitative estimate of drug-likeness (QED) is 0.353. The Morgan fingerprint density at radius 3 is 1.60 bits per heavy atom. The Morgan fingerprint density at radius 2 is 1.20 bits per heavy atom. The van der Waals surface area contributed by atoms with Crippen molar-refractivity contribution in [3.63, 3.8) is 0 Å². The standard InChI is InChI=1S/C8H17Br.C5H11Cl/c1-2-3-4-5-6-7-8-9;1-2-3-4-5-6/h2-8H2,1H3;2-5H2,1H3. The van der Waals surface area contributed by atoms with E-state index in [0.717, 1.165) is 5.88 Å². The van der Waals surface area contributed by atoms with Crippen LogP contribution in [-0.4, -0.2) is 11.2 Å². The molecule has 0 nitrogen and oxygen atoms in total. The molecule has 0 heterocycles. The van der Waals surface area contributed by atoms with Crippen molar-refractivity contribution in [2.24, 2.45) is 0 Å². The van der Waals surface area contributed by atoms with Crippen LogP contribution in [0.5, 0.6) is 0 Å². The molecule has 0 amide bonds. The lowest BCUT2D eigenvalue weighted by molar-refractivity contribution is 0.628. The van der Waals surface area contributed by atoms with Gasteiger partial charge >= 0.3 is 0 Å². The highest BCUT2D eigenvalue weighted by molar-refractivity contribution is 9.09. The zero-order valence-corrected chi connectivity index (χ0v) is 12.9. The van der Waals surface area contributed by atoms with Gasteiger partial charge in [0.05, 0.1) is 0 Å². The van der Waals surface area contributed by atoms with Crippen LogP contribution in [0.4, 0.5) is 0 Å². The van der Waals surface area contributed by atoms with Gasteiger partial charge in [-0.1, -0.05) is 74.7 Å². The van der Waals surface area contributed by atoms with E-state index in [1.807, 2.05) is 0 Å². The van der Waals surface area contributed by atoms with Gasteiger partial charge in [-0.2, -0.15) is 0 Å². The molecule has 0 atom stereocenters. The number of alkyl halides is 2.